The molecular weight excluding hydrogens is 178 g/mol. The maximum Gasteiger partial charge on any atom is 0.0793 e. The summed E-state index contributed by atoms with van der Waals surface area (Å²) in [6, 6.07) is 0. The van der Waals surface area contributed by atoms with Crippen molar-refractivity contribution in [2.75, 3.05) is 19.6 Å². The zero-order valence-corrected chi connectivity index (χ0v) is 9.11. The van der Waals surface area contributed by atoms with Crippen LogP contribution in [0.15, 0.2) is 0 Å². The Morgan fingerprint density at radius 2 is 1.93 bits per heavy atom. The van der Waals surface area contributed by atoms with Gasteiger partial charge in [-0.2, -0.15) is 0 Å². The first-order valence-electron chi connectivity index (χ1n) is 5.57. The lowest BCUT2D eigenvalue weighted by Crippen LogP contribution is -2.53. The molecule has 0 radical (unpaired) electrons. The van der Waals surface area contributed by atoms with Gasteiger partial charge in [-0.3, -0.25) is 4.90 Å². The molecule has 1 saturated carbocycles. The SMILES string of the molecule is CC1(C)CCC(CN2CC(O)C2)C1O. The summed E-state index contributed by atoms with van der Waals surface area (Å²) in [5, 5.41) is 19.2. The molecule has 1 heterocycles. The first kappa shape index (κ1) is 10.4. The predicted octanol–water partition coefficient (Wildman–Crippen LogP) is 0.460. The maximum atomic E-state index is 10.1. The number of nitrogens with zero attached hydrogens (tertiary/aromatic N) is 1. The minimum Gasteiger partial charge on any atom is -0.392 e. The van der Waals surface area contributed by atoms with Gasteiger partial charge in [0.05, 0.1) is 12.2 Å². The molecule has 14 heavy (non-hydrogen) atoms. The highest BCUT2D eigenvalue weighted by Crippen LogP contribution is 2.41. The van der Waals surface area contributed by atoms with Crippen LogP contribution in [0.1, 0.15) is 26.7 Å². The van der Waals surface area contributed by atoms with Crippen LogP contribution < -0.4 is 0 Å². The number of likely N-dealkylation sites (tertiary alicyclic amines) is 1. The molecule has 0 aromatic heterocycles. The summed E-state index contributed by atoms with van der Waals surface area (Å²) in [6.45, 7) is 6.83. The predicted molar refractivity (Wildman–Crippen MR) is 55.0 cm³/mol. The topological polar surface area (TPSA) is 43.7 Å². The molecule has 0 aromatic carbocycles. The quantitative estimate of drug-likeness (QED) is 0.679. The Balaban J connectivity index is 1.82. The minimum absolute atomic E-state index is 0.0914. The van der Waals surface area contributed by atoms with Gasteiger partial charge in [-0.05, 0) is 24.2 Å². The first-order valence-corrected chi connectivity index (χ1v) is 5.57. The zero-order chi connectivity index (χ0) is 10.3. The third kappa shape index (κ3) is 1.81. The van der Waals surface area contributed by atoms with Crippen molar-refractivity contribution >= 4 is 0 Å². The Morgan fingerprint density at radius 1 is 1.29 bits per heavy atom. The second-order valence-electron chi connectivity index (χ2n) is 5.60. The number of aliphatic hydroxyl groups excluding tert-OH is 2. The summed E-state index contributed by atoms with van der Waals surface area (Å²) in [7, 11) is 0. The van der Waals surface area contributed by atoms with E-state index in [2.05, 4.69) is 18.7 Å². The summed E-state index contributed by atoms with van der Waals surface area (Å²) in [6.07, 6.45) is 1.96. The fourth-order valence-electron chi connectivity index (χ4n) is 2.72. The molecule has 82 valence electrons. The molecule has 3 nitrogen and oxygen atoms in total. The van der Waals surface area contributed by atoms with Crippen molar-refractivity contribution in [2.24, 2.45) is 11.3 Å². The third-order valence-electron chi connectivity index (χ3n) is 3.84. The average molecular weight is 199 g/mol. The van der Waals surface area contributed by atoms with Gasteiger partial charge in [-0.1, -0.05) is 13.8 Å². The molecule has 1 aliphatic heterocycles. The van der Waals surface area contributed by atoms with Gasteiger partial charge in [-0.25, -0.2) is 0 Å². The van der Waals surface area contributed by atoms with Crippen LogP contribution in [-0.4, -0.2) is 47.0 Å². The van der Waals surface area contributed by atoms with Crippen molar-refractivity contribution in [2.45, 2.75) is 38.9 Å². The van der Waals surface area contributed by atoms with Gasteiger partial charge < -0.3 is 10.2 Å². The Morgan fingerprint density at radius 3 is 2.36 bits per heavy atom. The van der Waals surface area contributed by atoms with E-state index in [-0.39, 0.29) is 17.6 Å². The molecule has 1 aliphatic carbocycles. The second-order valence-corrected chi connectivity index (χ2v) is 5.60. The van der Waals surface area contributed by atoms with E-state index in [1.54, 1.807) is 0 Å². The van der Waals surface area contributed by atoms with Crippen LogP contribution in [0.25, 0.3) is 0 Å². The van der Waals surface area contributed by atoms with E-state index in [0.29, 0.717) is 5.92 Å². The summed E-state index contributed by atoms with van der Waals surface area (Å²) in [5.74, 6) is 0.414. The molecule has 0 amide bonds. The van der Waals surface area contributed by atoms with E-state index in [9.17, 15) is 5.11 Å². The van der Waals surface area contributed by atoms with Crippen LogP contribution in [0.3, 0.4) is 0 Å². The van der Waals surface area contributed by atoms with Gasteiger partial charge in [0.25, 0.3) is 0 Å². The summed E-state index contributed by atoms with van der Waals surface area (Å²) >= 11 is 0. The van der Waals surface area contributed by atoms with Crippen LogP contribution in [-0.2, 0) is 0 Å². The number of aliphatic hydroxyl groups is 2. The van der Waals surface area contributed by atoms with Crippen molar-refractivity contribution in [3.63, 3.8) is 0 Å². The van der Waals surface area contributed by atoms with Crippen molar-refractivity contribution in [3.8, 4) is 0 Å². The molecule has 2 unspecified atom stereocenters. The minimum atomic E-state index is -0.166. The molecule has 1 saturated heterocycles. The lowest BCUT2D eigenvalue weighted by atomic mass is 9.87. The molecule has 0 aromatic rings. The lowest BCUT2D eigenvalue weighted by molar-refractivity contribution is -0.0282. The van der Waals surface area contributed by atoms with Crippen LogP contribution in [0.5, 0.6) is 0 Å². The van der Waals surface area contributed by atoms with E-state index in [0.717, 1.165) is 32.5 Å². The van der Waals surface area contributed by atoms with E-state index >= 15 is 0 Å². The van der Waals surface area contributed by atoms with Crippen molar-refractivity contribution in [1.82, 2.24) is 4.90 Å². The van der Waals surface area contributed by atoms with Crippen molar-refractivity contribution < 1.29 is 10.2 Å². The fourth-order valence-corrected chi connectivity index (χ4v) is 2.72. The Hall–Kier alpha value is -0.120. The third-order valence-corrected chi connectivity index (χ3v) is 3.84. The molecule has 0 spiro atoms. The number of rotatable bonds is 2. The number of hydrogen-bond acceptors (Lipinski definition) is 3. The van der Waals surface area contributed by atoms with Crippen LogP contribution in [0, 0.1) is 11.3 Å². The van der Waals surface area contributed by atoms with Gasteiger partial charge in [-0.15, -0.1) is 0 Å². The largest absolute Gasteiger partial charge is 0.392 e. The van der Waals surface area contributed by atoms with E-state index in [1.165, 1.54) is 0 Å². The van der Waals surface area contributed by atoms with Gasteiger partial charge in [0.15, 0.2) is 0 Å². The van der Waals surface area contributed by atoms with Crippen LogP contribution in [0.4, 0.5) is 0 Å². The number of β-amino-alcohol motifs (C(OH)–C–C–N with tert-alkyl or cyclic N) is 1. The summed E-state index contributed by atoms with van der Waals surface area (Å²) in [4.78, 5) is 2.24. The summed E-state index contributed by atoms with van der Waals surface area (Å²) < 4.78 is 0. The van der Waals surface area contributed by atoms with Gasteiger partial charge in [0.2, 0.25) is 0 Å². The van der Waals surface area contributed by atoms with Gasteiger partial charge >= 0.3 is 0 Å². The van der Waals surface area contributed by atoms with Gasteiger partial charge in [0.1, 0.15) is 0 Å². The van der Waals surface area contributed by atoms with E-state index in [1.807, 2.05) is 0 Å². The Kier molecular flexibility index (Phi) is 2.58. The smallest absolute Gasteiger partial charge is 0.0793 e. The van der Waals surface area contributed by atoms with Crippen LogP contribution >= 0.6 is 0 Å². The molecular formula is C11H21NO2. The van der Waals surface area contributed by atoms with E-state index < -0.39 is 0 Å². The molecule has 0 bridgehead atoms. The maximum absolute atomic E-state index is 10.1. The highest BCUT2D eigenvalue weighted by molar-refractivity contribution is 4.93. The Bertz CT molecular complexity index is 211. The zero-order valence-electron chi connectivity index (χ0n) is 9.11. The standard InChI is InChI=1S/C11H21NO2/c1-11(2)4-3-8(10(11)14)5-12-6-9(13)7-12/h8-10,13-14H,3-7H2,1-2H3. The lowest BCUT2D eigenvalue weighted by Gasteiger charge is -2.38. The van der Waals surface area contributed by atoms with E-state index in [4.69, 9.17) is 5.11 Å². The molecule has 2 fully saturated rings. The monoisotopic (exact) mass is 199 g/mol. The van der Waals surface area contributed by atoms with Gasteiger partial charge in [0, 0.05) is 19.6 Å². The Labute approximate surface area is 85.7 Å². The first-order chi connectivity index (χ1) is 6.49. The highest BCUT2D eigenvalue weighted by atomic mass is 16.3. The molecule has 3 heteroatoms. The number of hydrogen-bond donors (Lipinski definition) is 2. The van der Waals surface area contributed by atoms with Crippen molar-refractivity contribution in [1.29, 1.82) is 0 Å². The average Bonchev–Trinajstić information content (AvgIpc) is 2.29. The summed E-state index contributed by atoms with van der Waals surface area (Å²) in [5.41, 5.74) is 0.0914. The second kappa shape index (κ2) is 3.47. The molecule has 2 N–H and O–H groups in total. The molecule has 2 aliphatic rings. The molecule has 2 rings (SSSR count). The van der Waals surface area contributed by atoms with Crippen molar-refractivity contribution in [3.05, 3.63) is 0 Å². The molecule has 2 atom stereocenters. The normalized spacial score (nSPS) is 38.6. The van der Waals surface area contributed by atoms with Crippen LogP contribution in [0.2, 0.25) is 0 Å². The fraction of sp³-hybridized carbons (Fsp3) is 1.00. The highest BCUT2D eigenvalue weighted by Gasteiger charge is 2.42.